The molecule has 1 saturated heterocycles. The van der Waals surface area contributed by atoms with E-state index in [9.17, 15) is 20.4 Å². The third kappa shape index (κ3) is 2.13. The first-order chi connectivity index (χ1) is 10.0. The normalized spacial score (nSPS) is 33.4. The zero-order chi connectivity index (χ0) is 15.1. The predicted molar refractivity (Wildman–Crippen MR) is 68.8 cm³/mol. The highest BCUT2D eigenvalue weighted by atomic mass is 16.6. The maximum atomic E-state index is 10.1. The zero-order valence-electron chi connectivity index (χ0n) is 10.8. The molecule has 3 rings (SSSR count). The van der Waals surface area contributed by atoms with Crippen LogP contribution in [0.5, 0.6) is 0 Å². The molecule has 10 nitrogen and oxygen atoms in total. The van der Waals surface area contributed by atoms with Crippen molar-refractivity contribution >= 4 is 17.0 Å². The minimum absolute atomic E-state index is 0.170. The van der Waals surface area contributed by atoms with Gasteiger partial charge in [-0.05, 0) is 0 Å². The van der Waals surface area contributed by atoms with Gasteiger partial charge in [-0.25, -0.2) is 15.0 Å². The molecule has 5 atom stereocenters. The summed E-state index contributed by atoms with van der Waals surface area (Å²) in [6.07, 6.45) is -3.82. The maximum absolute atomic E-state index is 10.1. The lowest BCUT2D eigenvalue weighted by Gasteiger charge is -2.40. The Hall–Kier alpha value is -1.85. The number of nitrogen functional groups attached to an aromatic ring is 1. The van der Waals surface area contributed by atoms with E-state index in [2.05, 4.69) is 15.0 Å². The lowest BCUT2D eigenvalue weighted by molar-refractivity contribution is -0.250. The van der Waals surface area contributed by atoms with Crippen LogP contribution < -0.4 is 5.73 Å². The van der Waals surface area contributed by atoms with Crippen molar-refractivity contribution < 1.29 is 25.2 Å². The molecule has 0 spiro atoms. The van der Waals surface area contributed by atoms with Gasteiger partial charge in [-0.3, -0.25) is 4.57 Å². The molecule has 6 N–H and O–H groups in total. The first-order valence-corrected chi connectivity index (χ1v) is 6.28. The highest BCUT2D eigenvalue weighted by molar-refractivity contribution is 5.81. The van der Waals surface area contributed by atoms with Crippen molar-refractivity contribution in [2.75, 3.05) is 12.3 Å². The molecule has 1 fully saturated rings. The largest absolute Gasteiger partial charge is 0.394 e. The van der Waals surface area contributed by atoms with Crippen LogP contribution in [-0.2, 0) is 4.74 Å². The Morgan fingerprint density at radius 3 is 2.62 bits per heavy atom. The zero-order valence-corrected chi connectivity index (χ0v) is 10.8. The molecule has 3 heterocycles. The number of aliphatic hydroxyl groups excluding tert-OH is 4. The van der Waals surface area contributed by atoms with Crippen LogP contribution in [0.1, 0.15) is 6.23 Å². The molecule has 2 aromatic heterocycles. The highest BCUT2D eigenvalue weighted by Crippen LogP contribution is 2.30. The number of ether oxygens (including phenoxy) is 1. The number of fused-ring (bicyclic) bond motifs is 1. The Bertz CT molecular complexity index is 647. The molecule has 1 aliphatic heterocycles. The van der Waals surface area contributed by atoms with E-state index in [1.54, 1.807) is 0 Å². The minimum atomic E-state index is -1.47. The standard InChI is InChI=1S/C11H15N5O5/c12-9-5-10(14-2-13-9)16(3-15-5)11-8(20)7(19)6(18)4(1-17)21-11/h2-4,6-8,11,17-20H,1H2,(H2,12,13,14)/t4-,6+,7+,8-,11-/m1/s1. The molecule has 2 aromatic rings. The van der Waals surface area contributed by atoms with Crippen molar-refractivity contribution in [2.45, 2.75) is 30.6 Å². The van der Waals surface area contributed by atoms with Crippen molar-refractivity contribution in [1.29, 1.82) is 0 Å². The Labute approximate surface area is 118 Å². The van der Waals surface area contributed by atoms with E-state index in [0.717, 1.165) is 0 Å². The van der Waals surface area contributed by atoms with E-state index in [0.29, 0.717) is 11.2 Å². The summed E-state index contributed by atoms with van der Waals surface area (Å²) in [4.78, 5) is 11.9. The van der Waals surface area contributed by atoms with E-state index in [-0.39, 0.29) is 5.82 Å². The van der Waals surface area contributed by atoms with E-state index in [1.165, 1.54) is 17.2 Å². The summed E-state index contributed by atoms with van der Waals surface area (Å²) in [5.41, 5.74) is 6.32. The SMILES string of the molecule is Nc1ncnc2c1ncn2[C@@H]1O[C@H](CO)[C@H](O)[C@H](O)[C@H]1O. The lowest BCUT2D eigenvalue weighted by atomic mass is 9.98. The number of hydrogen-bond acceptors (Lipinski definition) is 9. The maximum Gasteiger partial charge on any atom is 0.167 e. The van der Waals surface area contributed by atoms with Gasteiger partial charge < -0.3 is 30.9 Å². The first kappa shape index (κ1) is 14.1. The van der Waals surface area contributed by atoms with E-state index < -0.39 is 37.3 Å². The molecule has 10 heteroatoms. The van der Waals surface area contributed by atoms with Crippen molar-refractivity contribution in [3.8, 4) is 0 Å². The average molecular weight is 297 g/mol. The first-order valence-electron chi connectivity index (χ1n) is 6.28. The molecular formula is C11H15N5O5. The van der Waals surface area contributed by atoms with Crippen LogP contribution in [0, 0.1) is 0 Å². The summed E-state index contributed by atoms with van der Waals surface area (Å²) >= 11 is 0. The third-order valence-electron chi connectivity index (χ3n) is 3.53. The van der Waals surface area contributed by atoms with Gasteiger partial charge in [0, 0.05) is 0 Å². The number of hydrogen-bond donors (Lipinski definition) is 5. The average Bonchev–Trinajstić information content (AvgIpc) is 2.91. The Morgan fingerprint density at radius 2 is 1.90 bits per heavy atom. The van der Waals surface area contributed by atoms with Gasteiger partial charge in [0.2, 0.25) is 0 Å². The number of nitrogens with two attached hydrogens (primary N) is 1. The summed E-state index contributed by atoms with van der Waals surface area (Å²) < 4.78 is 6.81. The van der Waals surface area contributed by atoms with Gasteiger partial charge in [0.15, 0.2) is 17.7 Å². The third-order valence-corrected chi connectivity index (χ3v) is 3.53. The van der Waals surface area contributed by atoms with Crippen LogP contribution in [0.2, 0.25) is 0 Å². The summed E-state index contributed by atoms with van der Waals surface area (Å²) in [5.74, 6) is 0.170. The van der Waals surface area contributed by atoms with Crippen LogP contribution in [0.4, 0.5) is 5.82 Å². The smallest absolute Gasteiger partial charge is 0.167 e. The molecule has 1 aliphatic rings. The number of anilines is 1. The molecule has 0 amide bonds. The Morgan fingerprint density at radius 1 is 1.14 bits per heavy atom. The minimum Gasteiger partial charge on any atom is -0.394 e. The second kappa shape index (κ2) is 5.16. The van der Waals surface area contributed by atoms with Crippen LogP contribution in [0.3, 0.4) is 0 Å². The molecule has 0 saturated carbocycles. The van der Waals surface area contributed by atoms with Gasteiger partial charge in [0.1, 0.15) is 36.3 Å². The van der Waals surface area contributed by atoms with Crippen molar-refractivity contribution in [2.24, 2.45) is 0 Å². The molecule has 114 valence electrons. The quantitative estimate of drug-likeness (QED) is 0.400. The second-order valence-electron chi connectivity index (χ2n) is 4.80. The van der Waals surface area contributed by atoms with Crippen molar-refractivity contribution in [3.63, 3.8) is 0 Å². The van der Waals surface area contributed by atoms with E-state index in [4.69, 9.17) is 10.5 Å². The monoisotopic (exact) mass is 297 g/mol. The van der Waals surface area contributed by atoms with E-state index >= 15 is 0 Å². The Kier molecular flexibility index (Phi) is 3.47. The topological polar surface area (TPSA) is 160 Å². The van der Waals surface area contributed by atoms with Gasteiger partial charge >= 0.3 is 0 Å². The number of imidazole rings is 1. The summed E-state index contributed by atoms with van der Waals surface area (Å²) in [6, 6.07) is 0. The molecule has 0 aliphatic carbocycles. The number of aromatic nitrogens is 4. The molecule has 21 heavy (non-hydrogen) atoms. The number of aliphatic hydroxyl groups is 4. The summed E-state index contributed by atoms with van der Waals surface area (Å²) in [6.45, 7) is -0.509. The van der Waals surface area contributed by atoms with E-state index in [1.807, 2.05) is 0 Å². The van der Waals surface area contributed by atoms with Crippen LogP contribution in [0.15, 0.2) is 12.7 Å². The second-order valence-corrected chi connectivity index (χ2v) is 4.80. The predicted octanol–water partition coefficient (Wildman–Crippen LogP) is -2.62. The molecule has 0 bridgehead atoms. The fraction of sp³-hybridized carbons (Fsp3) is 0.545. The summed E-state index contributed by atoms with van der Waals surface area (Å²) in [5, 5.41) is 38.8. The van der Waals surface area contributed by atoms with Crippen LogP contribution in [-0.4, -0.2) is 71.0 Å². The molecule has 0 aromatic carbocycles. The highest BCUT2D eigenvalue weighted by Gasteiger charge is 2.44. The Balaban J connectivity index is 2.03. The van der Waals surface area contributed by atoms with Crippen LogP contribution in [0.25, 0.3) is 11.2 Å². The molecule has 0 radical (unpaired) electrons. The van der Waals surface area contributed by atoms with Gasteiger partial charge in [-0.2, -0.15) is 0 Å². The van der Waals surface area contributed by atoms with Gasteiger partial charge in [0.25, 0.3) is 0 Å². The van der Waals surface area contributed by atoms with Crippen molar-refractivity contribution in [1.82, 2.24) is 19.5 Å². The number of rotatable bonds is 2. The molecular weight excluding hydrogens is 282 g/mol. The fourth-order valence-electron chi connectivity index (χ4n) is 2.37. The summed E-state index contributed by atoms with van der Waals surface area (Å²) in [7, 11) is 0. The fourth-order valence-corrected chi connectivity index (χ4v) is 2.37. The van der Waals surface area contributed by atoms with Crippen LogP contribution >= 0.6 is 0 Å². The van der Waals surface area contributed by atoms with Gasteiger partial charge in [0.05, 0.1) is 12.9 Å². The van der Waals surface area contributed by atoms with Gasteiger partial charge in [-0.15, -0.1) is 0 Å². The number of nitrogens with zero attached hydrogens (tertiary/aromatic N) is 4. The molecule has 0 unspecified atom stereocenters. The lowest BCUT2D eigenvalue weighted by Crippen LogP contribution is -2.56. The van der Waals surface area contributed by atoms with Crippen molar-refractivity contribution in [3.05, 3.63) is 12.7 Å². The van der Waals surface area contributed by atoms with Gasteiger partial charge in [-0.1, -0.05) is 0 Å².